The van der Waals surface area contributed by atoms with Gasteiger partial charge in [-0.2, -0.15) is 0 Å². The molecule has 3 aromatic rings. The van der Waals surface area contributed by atoms with Gasteiger partial charge in [0.15, 0.2) is 6.61 Å². The predicted molar refractivity (Wildman–Crippen MR) is 139 cm³/mol. The van der Waals surface area contributed by atoms with E-state index in [-0.39, 0.29) is 25.0 Å². The van der Waals surface area contributed by atoms with Crippen molar-refractivity contribution in [3.63, 3.8) is 0 Å². The first kappa shape index (κ1) is 25.8. The molecule has 0 aliphatic rings. The van der Waals surface area contributed by atoms with E-state index in [4.69, 9.17) is 16.3 Å². The summed E-state index contributed by atoms with van der Waals surface area (Å²) in [6.07, 6.45) is 0.385. The SMILES string of the molecule is CNC(=O)C(Cc1ccccc1)N(Cc1ccc(Cl)cc1)C(=O)COc1cc(C)c(Br)c(C)c1. The predicted octanol–water partition coefficient (Wildman–Crippen LogP) is 5.48. The molecule has 0 spiro atoms. The van der Waals surface area contributed by atoms with Crippen LogP contribution in [0, 0.1) is 13.8 Å². The van der Waals surface area contributed by atoms with Crippen LogP contribution >= 0.6 is 27.5 Å². The summed E-state index contributed by atoms with van der Waals surface area (Å²) in [5.41, 5.74) is 3.88. The Morgan fingerprint density at radius 1 is 1.00 bits per heavy atom. The Morgan fingerprint density at radius 3 is 2.21 bits per heavy atom. The number of benzene rings is 3. The van der Waals surface area contributed by atoms with Crippen molar-refractivity contribution in [2.24, 2.45) is 0 Å². The van der Waals surface area contributed by atoms with E-state index in [1.165, 1.54) is 0 Å². The van der Waals surface area contributed by atoms with Gasteiger partial charge >= 0.3 is 0 Å². The molecule has 0 radical (unpaired) electrons. The second-order valence-corrected chi connectivity index (χ2v) is 9.36. The Hall–Kier alpha value is -2.83. The Labute approximate surface area is 214 Å². The van der Waals surface area contributed by atoms with Gasteiger partial charge in [-0.15, -0.1) is 0 Å². The quantitative estimate of drug-likeness (QED) is 0.389. The normalized spacial score (nSPS) is 11.6. The van der Waals surface area contributed by atoms with E-state index in [1.54, 1.807) is 24.1 Å². The van der Waals surface area contributed by atoms with E-state index >= 15 is 0 Å². The van der Waals surface area contributed by atoms with Gasteiger partial charge in [-0.1, -0.05) is 70.0 Å². The second kappa shape index (κ2) is 12.0. The summed E-state index contributed by atoms with van der Waals surface area (Å²) in [6.45, 7) is 4.01. The number of carbonyl (C=O) groups excluding carboxylic acids is 2. The maximum atomic E-state index is 13.5. The van der Waals surface area contributed by atoms with Crippen molar-refractivity contribution in [1.29, 1.82) is 0 Å². The standard InChI is InChI=1S/C27H28BrClN2O3/c1-18-13-23(14-19(2)26(18)28)34-17-25(32)31(16-21-9-11-22(29)12-10-21)24(27(33)30-3)15-20-7-5-4-6-8-20/h4-14,24H,15-17H2,1-3H3,(H,30,33). The molecule has 1 unspecified atom stereocenters. The first-order valence-electron chi connectivity index (χ1n) is 11.0. The van der Waals surface area contributed by atoms with Gasteiger partial charge in [-0.3, -0.25) is 9.59 Å². The van der Waals surface area contributed by atoms with E-state index in [9.17, 15) is 9.59 Å². The molecule has 0 fully saturated rings. The molecule has 0 saturated heterocycles. The monoisotopic (exact) mass is 542 g/mol. The van der Waals surface area contributed by atoms with Crippen molar-refractivity contribution in [3.05, 3.63) is 98.5 Å². The van der Waals surface area contributed by atoms with Gasteiger partial charge < -0.3 is 15.0 Å². The molecule has 0 aliphatic carbocycles. The van der Waals surface area contributed by atoms with Crippen LogP contribution in [0.3, 0.4) is 0 Å². The highest BCUT2D eigenvalue weighted by Gasteiger charge is 2.30. The highest BCUT2D eigenvalue weighted by molar-refractivity contribution is 9.10. The first-order valence-corrected chi connectivity index (χ1v) is 12.1. The van der Waals surface area contributed by atoms with Crippen LogP contribution in [0.5, 0.6) is 5.75 Å². The lowest BCUT2D eigenvalue weighted by Gasteiger charge is -2.31. The third-order valence-electron chi connectivity index (χ3n) is 5.56. The second-order valence-electron chi connectivity index (χ2n) is 8.13. The number of hydrogen-bond acceptors (Lipinski definition) is 3. The highest BCUT2D eigenvalue weighted by Crippen LogP contribution is 2.26. The lowest BCUT2D eigenvalue weighted by atomic mass is 10.0. The number of amides is 2. The molecule has 1 N–H and O–H groups in total. The van der Waals surface area contributed by atoms with E-state index in [1.807, 2.05) is 68.4 Å². The highest BCUT2D eigenvalue weighted by atomic mass is 79.9. The molecule has 1 atom stereocenters. The summed E-state index contributed by atoms with van der Waals surface area (Å²) in [7, 11) is 1.58. The first-order chi connectivity index (χ1) is 16.3. The lowest BCUT2D eigenvalue weighted by Crippen LogP contribution is -2.51. The number of carbonyl (C=O) groups is 2. The smallest absolute Gasteiger partial charge is 0.261 e. The van der Waals surface area contributed by atoms with Crippen LogP contribution in [0.25, 0.3) is 0 Å². The Morgan fingerprint density at radius 2 is 1.62 bits per heavy atom. The van der Waals surface area contributed by atoms with Gasteiger partial charge in [0.2, 0.25) is 5.91 Å². The number of hydrogen-bond donors (Lipinski definition) is 1. The van der Waals surface area contributed by atoms with Gasteiger partial charge in [-0.05, 0) is 60.4 Å². The number of ether oxygens (including phenoxy) is 1. The van der Waals surface area contributed by atoms with Gasteiger partial charge in [0.05, 0.1) is 0 Å². The van der Waals surface area contributed by atoms with Crippen molar-refractivity contribution in [1.82, 2.24) is 10.2 Å². The van der Waals surface area contributed by atoms with Crippen molar-refractivity contribution < 1.29 is 14.3 Å². The zero-order valence-corrected chi connectivity index (χ0v) is 21.8. The number of nitrogens with one attached hydrogen (secondary N) is 1. The van der Waals surface area contributed by atoms with E-state index in [2.05, 4.69) is 21.2 Å². The van der Waals surface area contributed by atoms with Gasteiger partial charge in [0, 0.05) is 29.5 Å². The van der Waals surface area contributed by atoms with Crippen LogP contribution in [-0.2, 0) is 22.6 Å². The molecule has 0 heterocycles. The van der Waals surface area contributed by atoms with Crippen molar-refractivity contribution >= 4 is 39.3 Å². The van der Waals surface area contributed by atoms with Crippen LogP contribution in [0.2, 0.25) is 5.02 Å². The summed E-state index contributed by atoms with van der Waals surface area (Å²) in [5, 5.41) is 3.32. The minimum atomic E-state index is -0.701. The van der Waals surface area contributed by atoms with Gasteiger partial charge in [-0.25, -0.2) is 0 Å². The molecule has 3 rings (SSSR count). The van der Waals surface area contributed by atoms with Crippen LogP contribution in [-0.4, -0.2) is 36.4 Å². The molecule has 0 aromatic heterocycles. The minimum Gasteiger partial charge on any atom is -0.484 e. The number of aryl methyl sites for hydroxylation is 2. The van der Waals surface area contributed by atoms with Crippen LogP contribution in [0.15, 0.2) is 71.2 Å². The maximum Gasteiger partial charge on any atom is 0.261 e. The molecule has 5 nitrogen and oxygen atoms in total. The zero-order chi connectivity index (χ0) is 24.7. The topological polar surface area (TPSA) is 58.6 Å². The molecular formula is C27H28BrClN2O3. The van der Waals surface area contributed by atoms with E-state index < -0.39 is 6.04 Å². The number of likely N-dealkylation sites (N-methyl/N-ethyl adjacent to an activating group) is 1. The molecule has 178 valence electrons. The lowest BCUT2D eigenvalue weighted by molar-refractivity contribution is -0.142. The fourth-order valence-electron chi connectivity index (χ4n) is 3.72. The van der Waals surface area contributed by atoms with Crippen LogP contribution in [0.1, 0.15) is 22.3 Å². The number of halogens is 2. The average molecular weight is 544 g/mol. The minimum absolute atomic E-state index is 0.184. The molecule has 34 heavy (non-hydrogen) atoms. The maximum absolute atomic E-state index is 13.5. The molecule has 2 amide bonds. The van der Waals surface area contributed by atoms with E-state index in [0.717, 1.165) is 26.7 Å². The van der Waals surface area contributed by atoms with Crippen LogP contribution < -0.4 is 10.1 Å². The van der Waals surface area contributed by atoms with Gasteiger partial charge in [0.1, 0.15) is 11.8 Å². The van der Waals surface area contributed by atoms with Crippen molar-refractivity contribution in [3.8, 4) is 5.75 Å². The summed E-state index contributed by atoms with van der Waals surface area (Å²) in [5.74, 6) is 0.0942. The molecule has 0 aliphatic heterocycles. The largest absolute Gasteiger partial charge is 0.484 e. The number of nitrogens with zero attached hydrogens (tertiary/aromatic N) is 1. The molecule has 7 heteroatoms. The molecule has 3 aromatic carbocycles. The third kappa shape index (κ3) is 6.84. The summed E-state index contributed by atoms with van der Waals surface area (Å²) < 4.78 is 6.88. The van der Waals surface area contributed by atoms with Crippen molar-refractivity contribution in [2.75, 3.05) is 13.7 Å². The van der Waals surface area contributed by atoms with Crippen molar-refractivity contribution in [2.45, 2.75) is 32.9 Å². The molecular weight excluding hydrogens is 516 g/mol. The van der Waals surface area contributed by atoms with Gasteiger partial charge in [0.25, 0.3) is 5.91 Å². The Bertz CT molecular complexity index is 1110. The molecule has 0 bridgehead atoms. The zero-order valence-electron chi connectivity index (χ0n) is 19.5. The van der Waals surface area contributed by atoms with E-state index in [0.29, 0.717) is 17.2 Å². The Balaban J connectivity index is 1.88. The molecule has 0 saturated carbocycles. The summed E-state index contributed by atoms with van der Waals surface area (Å²) >= 11 is 9.59. The summed E-state index contributed by atoms with van der Waals surface area (Å²) in [4.78, 5) is 28.0. The Kier molecular flexibility index (Phi) is 9.13. The third-order valence-corrected chi connectivity index (χ3v) is 7.06. The fraction of sp³-hybridized carbons (Fsp3) is 0.259. The number of rotatable bonds is 9. The van der Waals surface area contributed by atoms with Crippen LogP contribution in [0.4, 0.5) is 0 Å². The summed E-state index contributed by atoms with van der Waals surface area (Å²) in [6, 6.07) is 20.0. The average Bonchev–Trinajstić information content (AvgIpc) is 2.84. The fourth-order valence-corrected chi connectivity index (χ4v) is 4.08.